The van der Waals surface area contributed by atoms with Crippen LogP contribution in [0.1, 0.15) is 19.0 Å². The summed E-state index contributed by atoms with van der Waals surface area (Å²) in [5.74, 6) is 0.872. The van der Waals surface area contributed by atoms with Crippen molar-refractivity contribution in [3.63, 3.8) is 0 Å². The van der Waals surface area contributed by atoms with E-state index >= 15 is 0 Å². The predicted molar refractivity (Wildman–Crippen MR) is 114 cm³/mol. The maximum Gasteiger partial charge on any atom is 0.235 e. The van der Waals surface area contributed by atoms with Gasteiger partial charge < -0.3 is 9.64 Å². The molecule has 0 bridgehead atoms. The Balaban J connectivity index is 1.58. The fourth-order valence-corrected chi connectivity index (χ4v) is 5.45. The minimum atomic E-state index is -3.21. The lowest BCUT2D eigenvalue weighted by molar-refractivity contribution is -0.931. The van der Waals surface area contributed by atoms with Crippen LogP contribution in [0.3, 0.4) is 0 Å². The van der Waals surface area contributed by atoms with E-state index in [1.165, 1.54) is 9.21 Å². The van der Waals surface area contributed by atoms with Crippen molar-refractivity contribution in [2.45, 2.75) is 25.9 Å². The van der Waals surface area contributed by atoms with E-state index in [4.69, 9.17) is 4.74 Å². The van der Waals surface area contributed by atoms with Crippen molar-refractivity contribution in [2.24, 2.45) is 0 Å². The van der Waals surface area contributed by atoms with Crippen LogP contribution >= 0.6 is 0 Å². The molecule has 1 aromatic heterocycles. The van der Waals surface area contributed by atoms with Crippen LogP contribution in [0.2, 0.25) is 0 Å². The Morgan fingerprint density at radius 3 is 2.83 bits per heavy atom. The van der Waals surface area contributed by atoms with Crippen LogP contribution in [0.15, 0.2) is 54.9 Å². The molecule has 2 aliphatic heterocycles. The molecule has 3 heterocycles. The smallest absolute Gasteiger partial charge is 0.235 e. The minimum absolute atomic E-state index is 0.204. The predicted octanol–water partition coefficient (Wildman–Crippen LogP) is 1.39. The topological polar surface area (TPSA) is 67.2 Å². The molecule has 1 N–H and O–H groups in total. The van der Waals surface area contributed by atoms with Crippen LogP contribution in [0, 0.1) is 0 Å². The first-order valence-corrected chi connectivity index (χ1v) is 11.5. The maximum absolute atomic E-state index is 12.3. The van der Waals surface area contributed by atoms with Gasteiger partial charge in [0.1, 0.15) is 18.3 Å². The van der Waals surface area contributed by atoms with E-state index in [0.29, 0.717) is 30.4 Å². The van der Waals surface area contributed by atoms with E-state index in [2.05, 4.69) is 29.1 Å². The zero-order chi connectivity index (χ0) is 20.4. The molecule has 8 heteroatoms. The number of ether oxygens (including phenoxy) is 1. The molecule has 2 unspecified atom stereocenters. The summed E-state index contributed by atoms with van der Waals surface area (Å²) in [5, 5.41) is 0. The van der Waals surface area contributed by atoms with Gasteiger partial charge >= 0.3 is 0 Å². The zero-order valence-electron chi connectivity index (χ0n) is 16.8. The number of hydrogen-bond acceptors (Lipinski definition) is 5. The SMILES string of the molecule is COc1cc(N2CCCS2(=O)=O)ccc1N1C=CC(C)[NH+](Cc2ccccn2)C1. The van der Waals surface area contributed by atoms with E-state index in [9.17, 15) is 8.42 Å². The largest absolute Gasteiger partial charge is 0.494 e. The molecule has 4 rings (SSSR count). The summed E-state index contributed by atoms with van der Waals surface area (Å²) >= 11 is 0. The van der Waals surface area contributed by atoms with Crippen LogP contribution < -0.4 is 18.8 Å². The second-order valence-electron chi connectivity index (χ2n) is 7.51. The summed E-state index contributed by atoms with van der Waals surface area (Å²) in [7, 11) is -1.59. The molecule has 0 spiro atoms. The van der Waals surface area contributed by atoms with Crippen molar-refractivity contribution in [3.05, 3.63) is 60.6 Å². The number of hydrogen-bond donors (Lipinski definition) is 1. The van der Waals surface area contributed by atoms with E-state index < -0.39 is 10.0 Å². The summed E-state index contributed by atoms with van der Waals surface area (Å²) in [6.07, 6.45) is 6.74. The first-order chi connectivity index (χ1) is 14.0. The van der Waals surface area contributed by atoms with Crippen molar-refractivity contribution < 1.29 is 18.1 Å². The van der Waals surface area contributed by atoms with Gasteiger partial charge in [0.15, 0.2) is 6.67 Å². The number of nitrogens with one attached hydrogen (secondary N) is 1. The molecule has 1 aromatic carbocycles. The molecule has 29 heavy (non-hydrogen) atoms. The normalized spacial score (nSPS) is 23.4. The van der Waals surface area contributed by atoms with Gasteiger partial charge in [0.05, 0.1) is 29.9 Å². The Morgan fingerprint density at radius 1 is 1.28 bits per heavy atom. The Bertz CT molecular complexity index is 994. The number of anilines is 2. The highest BCUT2D eigenvalue weighted by Crippen LogP contribution is 2.35. The summed E-state index contributed by atoms with van der Waals surface area (Å²) < 4.78 is 31.6. The van der Waals surface area contributed by atoms with Gasteiger partial charge in [-0.05, 0) is 43.7 Å². The zero-order valence-corrected chi connectivity index (χ0v) is 17.6. The third-order valence-corrected chi connectivity index (χ3v) is 7.44. The highest BCUT2D eigenvalue weighted by molar-refractivity contribution is 7.93. The Morgan fingerprint density at radius 2 is 2.14 bits per heavy atom. The van der Waals surface area contributed by atoms with Gasteiger partial charge in [-0.15, -0.1) is 0 Å². The molecule has 1 saturated heterocycles. The molecular formula is C21H27N4O3S+. The van der Waals surface area contributed by atoms with Crippen LogP contribution in [-0.2, 0) is 16.6 Å². The van der Waals surface area contributed by atoms with Gasteiger partial charge in [0, 0.05) is 25.0 Å². The van der Waals surface area contributed by atoms with Gasteiger partial charge in [-0.1, -0.05) is 6.07 Å². The Hall–Kier alpha value is -2.58. The van der Waals surface area contributed by atoms with Gasteiger partial charge in [-0.3, -0.25) is 14.2 Å². The third-order valence-electron chi connectivity index (χ3n) is 5.57. The number of methoxy groups -OCH3 is 1. The number of aromatic nitrogens is 1. The molecular weight excluding hydrogens is 388 g/mol. The van der Waals surface area contributed by atoms with Gasteiger partial charge in [0.2, 0.25) is 10.0 Å². The fraction of sp³-hybridized carbons (Fsp3) is 0.381. The second kappa shape index (κ2) is 8.04. The molecule has 7 nitrogen and oxygen atoms in total. The molecule has 1 fully saturated rings. The van der Waals surface area contributed by atoms with E-state index in [1.54, 1.807) is 7.11 Å². The first-order valence-electron chi connectivity index (χ1n) is 9.86. The standard InChI is InChI=1S/C21H26N4O3S/c1-17-9-12-23(16-24(17)15-18-6-3-4-10-22-18)20-8-7-19(14-21(20)28-2)25-11-5-13-29(25,26)27/h3-4,6-10,12,14,17H,5,11,13,15-16H2,1-2H3/p+1. The highest BCUT2D eigenvalue weighted by Gasteiger charge is 2.30. The summed E-state index contributed by atoms with van der Waals surface area (Å²) in [6, 6.07) is 12.0. The number of quaternary nitrogens is 1. The monoisotopic (exact) mass is 415 g/mol. The summed E-state index contributed by atoms with van der Waals surface area (Å²) in [4.78, 5) is 7.98. The van der Waals surface area contributed by atoms with E-state index in [-0.39, 0.29) is 5.75 Å². The number of benzene rings is 1. The van der Waals surface area contributed by atoms with Crippen LogP contribution in [0.25, 0.3) is 0 Å². The minimum Gasteiger partial charge on any atom is -0.494 e. The van der Waals surface area contributed by atoms with Gasteiger partial charge in [-0.2, -0.15) is 0 Å². The lowest BCUT2D eigenvalue weighted by atomic mass is 10.2. The first kappa shape index (κ1) is 19.7. The Kier molecular flexibility index (Phi) is 5.47. The average molecular weight is 416 g/mol. The number of sulfonamides is 1. The van der Waals surface area contributed by atoms with Crippen molar-refractivity contribution in [1.82, 2.24) is 4.98 Å². The van der Waals surface area contributed by atoms with Crippen molar-refractivity contribution in [2.75, 3.05) is 35.3 Å². The van der Waals surface area contributed by atoms with Crippen molar-refractivity contribution in [1.29, 1.82) is 0 Å². The fourth-order valence-electron chi connectivity index (χ4n) is 3.89. The quantitative estimate of drug-likeness (QED) is 0.800. The van der Waals surface area contributed by atoms with E-state index in [0.717, 1.165) is 24.6 Å². The molecule has 0 aliphatic carbocycles. The molecule has 2 aliphatic rings. The molecule has 154 valence electrons. The molecule has 0 radical (unpaired) electrons. The van der Waals surface area contributed by atoms with Gasteiger partial charge in [0.25, 0.3) is 0 Å². The molecule has 0 amide bonds. The molecule has 2 aromatic rings. The summed E-state index contributed by atoms with van der Waals surface area (Å²) in [5.41, 5.74) is 2.65. The molecule has 0 saturated carbocycles. The second-order valence-corrected chi connectivity index (χ2v) is 9.52. The average Bonchev–Trinajstić information content (AvgIpc) is 3.09. The van der Waals surface area contributed by atoms with Gasteiger partial charge in [-0.25, -0.2) is 8.42 Å². The number of rotatable bonds is 5. The molecule has 2 atom stereocenters. The Labute approximate surface area is 172 Å². The lowest BCUT2D eigenvalue weighted by Gasteiger charge is -2.34. The van der Waals surface area contributed by atoms with Crippen LogP contribution in [-0.4, -0.2) is 45.5 Å². The van der Waals surface area contributed by atoms with Crippen molar-refractivity contribution in [3.8, 4) is 5.75 Å². The van der Waals surface area contributed by atoms with Crippen molar-refractivity contribution >= 4 is 21.4 Å². The number of pyridine rings is 1. The third kappa shape index (κ3) is 4.09. The van der Waals surface area contributed by atoms with Crippen LogP contribution in [0.4, 0.5) is 11.4 Å². The maximum atomic E-state index is 12.3. The lowest BCUT2D eigenvalue weighted by Crippen LogP contribution is -3.16. The summed E-state index contributed by atoms with van der Waals surface area (Å²) in [6.45, 7) is 4.32. The van der Waals surface area contributed by atoms with Crippen LogP contribution in [0.5, 0.6) is 5.75 Å². The van der Waals surface area contributed by atoms with E-state index in [1.807, 2.05) is 42.6 Å². The number of nitrogens with zero attached hydrogens (tertiary/aromatic N) is 3. The highest BCUT2D eigenvalue weighted by atomic mass is 32.2.